The normalized spacial score (nSPS) is 47.8. The highest BCUT2D eigenvalue weighted by Gasteiger charge is 2.55. The molecule has 1 saturated heterocycles. The van der Waals surface area contributed by atoms with E-state index in [4.69, 9.17) is 20.6 Å². The minimum atomic E-state index is -4.59. The van der Waals surface area contributed by atoms with Crippen molar-refractivity contribution < 1.29 is 44.8 Å². The number of carbonyl (C=O) groups excluding carboxylic acids is 2. The van der Waals surface area contributed by atoms with Crippen LogP contribution in [-0.2, 0) is 24.3 Å². The van der Waals surface area contributed by atoms with Crippen molar-refractivity contribution in [2.45, 2.75) is 51.8 Å². The molecule has 1 atom stereocenters. The smallest absolute Gasteiger partial charge is 0.313 e. The van der Waals surface area contributed by atoms with E-state index < -0.39 is 74.5 Å². The average Bonchev–Trinajstić information content (AvgIpc) is 2.63. The van der Waals surface area contributed by atoms with E-state index >= 15 is 0 Å². The quantitative estimate of drug-likeness (QED) is 0.440. The van der Waals surface area contributed by atoms with Gasteiger partial charge in [-0.05, 0) is 33.8 Å². The van der Waals surface area contributed by atoms with Crippen molar-refractivity contribution in [3.8, 4) is 0 Å². The molecule has 1 radical (unpaired) electrons. The Labute approximate surface area is 128 Å². The van der Waals surface area contributed by atoms with E-state index in [1.807, 2.05) is 0 Å². The van der Waals surface area contributed by atoms with E-state index in [0.717, 1.165) is 6.92 Å². The van der Waals surface area contributed by atoms with Crippen LogP contribution >= 0.6 is 0 Å². The highest BCUT2D eigenvalue weighted by Crippen LogP contribution is 2.44. The summed E-state index contributed by atoms with van der Waals surface area (Å²) in [6, 6.07) is 0. The Morgan fingerprint density at radius 3 is 2.61 bits per heavy atom. The van der Waals surface area contributed by atoms with Gasteiger partial charge in [0.1, 0.15) is 0 Å². The van der Waals surface area contributed by atoms with Crippen molar-refractivity contribution >= 4 is 11.9 Å². The first-order chi connectivity index (χ1) is 14.2. The van der Waals surface area contributed by atoms with Crippen molar-refractivity contribution in [2.24, 2.45) is 5.89 Å². The van der Waals surface area contributed by atoms with Gasteiger partial charge in [0.25, 0.3) is 0 Å². The number of hydrogen-bond donors (Lipinski definition) is 0. The summed E-state index contributed by atoms with van der Waals surface area (Å²) >= 11 is 0. The topological polar surface area (TPSA) is 75.7 Å². The molecular formula is C12H20NO5. The number of ether oxygens (including phenoxy) is 2. The molecule has 103 valence electrons. The van der Waals surface area contributed by atoms with Crippen LogP contribution in [-0.4, -0.2) is 34.9 Å². The predicted molar refractivity (Wildman–Crippen MR) is 61.5 cm³/mol. The molecule has 1 unspecified atom stereocenters. The van der Waals surface area contributed by atoms with Gasteiger partial charge in [0.15, 0.2) is 0 Å². The van der Waals surface area contributed by atoms with Crippen LogP contribution in [0, 0.1) is 5.89 Å². The first-order valence-electron chi connectivity index (χ1n) is 12.0. The second-order valence-corrected chi connectivity index (χ2v) is 3.40. The van der Waals surface area contributed by atoms with Gasteiger partial charge >= 0.3 is 11.9 Å². The molecule has 1 fully saturated rings. The lowest BCUT2D eigenvalue weighted by molar-refractivity contribution is -0.249. The number of hydrogen-bond acceptors (Lipinski definition) is 5. The molecule has 6 heteroatoms. The van der Waals surface area contributed by atoms with Gasteiger partial charge in [-0.25, -0.2) is 0 Å². The Kier molecular flexibility index (Phi) is 1.13. The maximum Gasteiger partial charge on any atom is 0.313 e. The largest absolute Gasteiger partial charge is 0.428 e. The fourth-order valence-electron chi connectivity index (χ4n) is 1.11. The predicted octanol–water partition coefficient (Wildman–Crippen LogP) is 1.27. The van der Waals surface area contributed by atoms with Gasteiger partial charge in [0.2, 0.25) is 6.79 Å². The summed E-state index contributed by atoms with van der Waals surface area (Å²) in [5.41, 5.74) is -9.12. The summed E-state index contributed by atoms with van der Waals surface area (Å²) in [6.45, 7) is -17.9. The summed E-state index contributed by atoms with van der Waals surface area (Å²) in [4.78, 5) is 23.8. The Morgan fingerprint density at radius 1 is 1.44 bits per heavy atom. The fraction of sp³-hybridized carbons (Fsp3) is 0.833. The lowest BCUT2D eigenvalue weighted by Gasteiger charge is -2.32. The van der Waals surface area contributed by atoms with Gasteiger partial charge < -0.3 is 9.47 Å². The lowest BCUT2D eigenvalue weighted by atomic mass is 9.87. The summed E-state index contributed by atoms with van der Waals surface area (Å²) in [5.74, 6) is -8.04. The zero-order valence-electron chi connectivity index (χ0n) is 24.2. The molecule has 0 bridgehead atoms. The number of carbonyl (C=O) groups is 2. The first kappa shape index (κ1) is 4.18. The van der Waals surface area contributed by atoms with E-state index in [1.165, 1.54) is 0 Å². The molecule has 0 amide bonds. The molecule has 1 rings (SSSR count). The highest BCUT2D eigenvalue weighted by atomic mass is 16.8. The molecule has 18 heavy (non-hydrogen) atoms. The van der Waals surface area contributed by atoms with Gasteiger partial charge in [0, 0.05) is 33.0 Å². The molecule has 0 spiro atoms. The summed E-state index contributed by atoms with van der Waals surface area (Å²) in [7, 11) is 0. The maximum atomic E-state index is 13.5. The molecule has 0 aromatic carbocycles. The van der Waals surface area contributed by atoms with Crippen molar-refractivity contribution in [1.82, 2.24) is 5.06 Å². The zero-order valence-corrected chi connectivity index (χ0v) is 9.20. The van der Waals surface area contributed by atoms with Crippen LogP contribution in [0.5, 0.6) is 0 Å². The van der Waals surface area contributed by atoms with E-state index in [2.05, 4.69) is 9.47 Å². The summed E-state index contributed by atoms with van der Waals surface area (Å²) < 4.78 is 126. The second-order valence-electron chi connectivity index (χ2n) is 3.40. The van der Waals surface area contributed by atoms with E-state index in [1.54, 1.807) is 0 Å². The van der Waals surface area contributed by atoms with Gasteiger partial charge in [-0.1, -0.05) is 0 Å². The molecule has 6 nitrogen and oxygen atoms in total. The van der Waals surface area contributed by atoms with Crippen molar-refractivity contribution in [3.05, 3.63) is 0 Å². The van der Waals surface area contributed by atoms with Crippen LogP contribution in [0.1, 0.15) is 61.3 Å². The van der Waals surface area contributed by atoms with E-state index in [-0.39, 0.29) is 0 Å². The molecule has 0 aliphatic carbocycles. The van der Waals surface area contributed by atoms with Crippen LogP contribution in [0.2, 0.25) is 0 Å². The fourth-order valence-corrected chi connectivity index (χ4v) is 1.11. The Morgan fingerprint density at radius 2 is 2.11 bits per heavy atom. The molecule has 1 heterocycles. The molecule has 1 aliphatic rings. The number of esters is 2. The summed E-state index contributed by atoms with van der Waals surface area (Å²) in [5, 5.41) is 12.0. The van der Waals surface area contributed by atoms with Gasteiger partial charge in [-0.2, -0.15) is 0 Å². The molecule has 0 aromatic heterocycles. The second kappa shape index (κ2) is 4.85. The molecule has 1 aliphatic heterocycles. The van der Waals surface area contributed by atoms with E-state index in [9.17, 15) is 14.8 Å². The molecular weight excluding hydrogens is 239 g/mol. The van der Waals surface area contributed by atoms with Crippen LogP contribution in [0.4, 0.5) is 0 Å². The monoisotopic (exact) mass is 274 g/mol. The lowest BCUT2D eigenvalue weighted by Crippen LogP contribution is -2.47. The molecule has 0 saturated carbocycles. The Balaban J connectivity index is 4.31. The van der Waals surface area contributed by atoms with Crippen molar-refractivity contribution in [3.63, 3.8) is 0 Å². The third kappa shape index (κ3) is 2.81. The third-order valence-corrected chi connectivity index (χ3v) is 1.93. The number of hydroxylamine groups is 2. The standard InChI is InChI=1S/C12H20NO5/c1-8(14)17-7-18-10(15)9-6-11(2,3)13(16)12(9,4)5/h9H,6-7H2,1-5H3/i2D3,3D3,4D3,5D3,6D2,9D,13+1. The van der Waals surface area contributed by atoms with Gasteiger partial charge in [0.05, 0.1) is 11.4 Å². The third-order valence-electron chi connectivity index (χ3n) is 1.93. The number of nitrogens with zero attached hydrogens (tertiary/aromatic N) is 1. The van der Waals surface area contributed by atoms with E-state index in [0.29, 0.717) is 0 Å². The first-order valence-corrected chi connectivity index (χ1v) is 4.52. The minimum absolute atomic E-state index is 0.821. The van der Waals surface area contributed by atoms with Crippen LogP contribution < -0.4 is 0 Å². The Bertz CT molecular complexity index is 769. The van der Waals surface area contributed by atoms with Crippen molar-refractivity contribution in [1.29, 1.82) is 0 Å². The Hall–Kier alpha value is -1.14. The zero-order chi connectivity index (χ0) is 26.9. The minimum Gasteiger partial charge on any atom is -0.428 e. The van der Waals surface area contributed by atoms with Gasteiger partial charge in [-0.3, -0.25) is 9.59 Å². The SMILES string of the molecule is [2H]C([2H])([2H])C1(C([2H])([2H])[2H])[15N]([O])C(C([2H])([2H])[2H])(C([2H])([2H])[2H])C([2H])(C(=O)OCOC(C)=O)C1([2H])[2H]. The molecule has 0 aromatic rings. The average molecular weight is 274 g/mol. The maximum absolute atomic E-state index is 13.5. The highest BCUT2D eigenvalue weighted by molar-refractivity contribution is 5.75. The van der Waals surface area contributed by atoms with Crippen LogP contribution in [0.15, 0.2) is 0 Å². The van der Waals surface area contributed by atoms with Crippen LogP contribution in [0.25, 0.3) is 0 Å². The van der Waals surface area contributed by atoms with Gasteiger partial charge in [-0.15, -0.1) is 10.3 Å². The summed E-state index contributed by atoms with van der Waals surface area (Å²) in [6.07, 6.45) is -4.52. The number of rotatable bonds is 3. The van der Waals surface area contributed by atoms with Crippen LogP contribution in [0.3, 0.4) is 0 Å². The van der Waals surface area contributed by atoms with Crippen molar-refractivity contribution in [2.75, 3.05) is 6.79 Å². The molecule has 0 N–H and O–H groups in total.